The Hall–Kier alpha value is -1.04. The molecular formula is C10H18N2O. The largest absolute Gasteiger partial charge is 0.343 e. The van der Waals surface area contributed by atoms with Crippen molar-refractivity contribution in [1.29, 1.82) is 5.26 Å². The topological polar surface area (TPSA) is 44.1 Å². The second-order valence-corrected chi connectivity index (χ2v) is 3.04. The summed E-state index contributed by atoms with van der Waals surface area (Å²) in [6.45, 7) is 5.75. The highest BCUT2D eigenvalue weighted by atomic mass is 16.2. The Kier molecular flexibility index (Phi) is 6.99. The second kappa shape index (κ2) is 7.60. The third-order valence-electron chi connectivity index (χ3n) is 1.79. The van der Waals surface area contributed by atoms with Crippen LogP contribution in [0.4, 0.5) is 0 Å². The number of carbonyl (C=O) groups excluding carboxylic acids is 1. The number of hydrogen-bond acceptors (Lipinski definition) is 2. The number of amides is 1. The molecule has 0 aliphatic rings. The number of nitrogens with zero attached hydrogens (tertiary/aromatic N) is 2. The summed E-state index contributed by atoms with van der Waals surface area (Å²) in [4.78, 5) is 13.3. The summed E-state index contributed by atoms with van der Waals surface area (Å²) in [5.74, 6) is 0.116. The summed E-state index contributed by atoms with van der Waals surface area (Å²) in [6, 6.07) is 1.99. The first-order chi connectivity index (χ1) is 6.26. The van der Waals surface area contributed by atoms with Gasteiger partial charge >= 0.3 is 0 Å². The molecule has 0 aliphatic carbocycles. The molecule has 13 heavy (non-hydrogen) atoms. The molecule has 0 bridgehead atoms. The van der Waals surface area contributed by atoms with Crippen LogP contribution in [0.3, 0.4) is 0 Å². The Balaban J connectivity index is 3.88. The lowest BCUT2D eigenvalue weighted by molar-refractivity contribution is -0.131. The van der Waals surface area contributed by atoms with E-state index in [1.54, 1.807) is 0 Å². The van der Waals surface area contributed by atoms with Crippen molar-refractivity contribution in [2.24, 2.45) is 0 Å². The number of nitriles is 1. The molecule has 3 nitrogen and oxygen atoms in total. The first-order valence-corrected chi connectivity index (χ1v) is 4.91. The predicted octanol–water partition coefficient (Wildman–Crippen LogP) is 1.94. The average molecular weight is 182 g/mol. The quantitative estimate of drug-likeness (QED) is 0.630. The molecule has 0 saturated heterocycles. The van der Waals surface area contributed by atoms with Gasteiger partial charge in [0.2, 0.25) is 5.91 Å². The van der Waals surface area contributed by atoms with Crippen LogP contribution in [0.25, 0.3) is 0 Å². The monoisotopic (exact) mass is 182 g/mol. The average Bonchev–Trinajstić information content (AvgIpc) is 2.14. The summed E-state index contributed by atoms with van der Waals surface area (Å²) in [6.07, 6.45) is 2.68. The standard InChI is InChI=1S/C10H18N2O/c1-3-8-12(9-4-2)10(13)6-5-7-11/h3-6,8-9H2,1-2H3. The summed E-state index contributed by atoms with van der Waals surface area (Å²) in [5.41, 5.74) is 0. The molecule has 3 heteroatoms. The van der Waals surface area contributed by atoms with Gasteiger partial charge in [0.15, 0.2) is 0 Å². The minimum Gasteiger partial charge on any atom is -0.343 e. The fourth-order valence-electron chi connectivity index (χ4n) is 1.22. The van der Waals surface area contributed by atoms with Gasteiger partial charge in [-0.1, -0.05) is 13.8 Å². The third kappa shape index (κ3) is 5.24. The van der Waals surface area contributed by atoms with E-state index in [-0.39, 0.29) is 5.91 Å². The second-order valence-electron chi connectivity index (χ2n) is 3.04. The number of rotatable bonds is 6. The van der Waals surface area contributed by atoms with E-state index in [0.29, 0.717) is 12.8 Å². The van der Waals surface area contributed by atoms with Crippen LogP contribution in [0, 0.1) is 11.3 Å². The van der Waals surface area contributed by atoms with Gasteiger partial charge in [0.1, 0.15) is 0 Å². The molecule has 1 amide bonds. The van der Waals surface area contributed by atoms with E-state index >= 15 is 0 Å². The van der Waals surface area contributed by atoms with E-state index in [0.717, 1.165) is 25.9 Å². The van der Waals surface area contributed by atoms with Crippen LogP contribution in [0.1, 0.15) is 39.5 Å². The van der Waals surface area contributed by atoms with E-state index in [4.69, 9.17) is 5.26 Å². The molecular weight excluding hydrogens is 164 g/mol. The molecule has 0 aromatic heterocycles. The van der Waals surface area contributed by atoms with Crippen molar-refractivity contribution in [3.8, 4) is 6.07 Å². The summed E-state index contributed by atoms with van der Waals surface area (Å²) in [5, 5.41) is 8.34. The van der Waals surface area contributed by atoms with Gasteiger partial charge in [0, 0.05) is 25.9 Å². The SMILES string of the molecule is CCCN(CCC)C(=O)CCC#N. The van der Waals surface area contributed by atoms with Gasteiger partial charge in [-0.25, -0.2) is 0 Å². The highest BCUT2D eigenvalue weighted by molar-refractivity contribution is 5.76. The van der Waals surface area contributed by atoms with Crippen molar-refractivity contribution in [2.75, 3.05) is 13.1 Å². The minimum absolute atomic E-state index is 0.116. The van der Waals surface area contributed by atoms with Gasteiger partial charge < -0.3 is 4.90 Å². The molecule has 0 atom stereocenters. The Bertz CT molecular complexity index is 178. The van der Waals surface area contributed by atoms with Crippen LogP contribution in [0.2, 0.25) is 0 Å². The van der Waals surface area contributed by atoms with Crippen molar-refractivity contribution in [3.63, 3.8) is 0 Å². The van der Waals surface area contributed by atoms with Crippen LogP contribution >= 0.6 is 0 Å². The molecule has 0 fully saturated rings. The Morgan fingerprint density at radius 2 is 1.85 bits per heavy atom. The van der Waals surface area contributed by atoms with Crippen LogP contribution in [-0.4, -0.2) is 23.9 Å². The molecule has 0 N–H and O–H groups in total. The highest BCUT2D eigenvalue weighted by Crippen LogP contribution is 2.00. The van der Waals surface area contributed by atoms with Crippen LogP contribution in [0.5, 0.6) is 0 Å². The molecule has 0 aliphatic heterocycles. The minimum atomic E-state index is 0.116. The Labute approximate surface area is 80.3 Å². The van der Waals surface area contributed by atoms with E-state index in [2.05, 4.69) is 13.8 Å². The van der Waals surface area contributed by atoms with Gasteiger partial charge in [0.05, 0.1) is 6.07 Å². The highest BCUT2D eigenvalue weighted by Gasteiger charge is 2.10. The molecule has 0 heterocycles. The van der Waals surface area contributed by atoms with Crippen LogP contribution in [0.15, 0.2) is 0 Å². The fraction of sp³-hybridized carbons (Fsp3) is 0.800. The molecule has 0 rings (SSSR count). The first-order valence-electron chi connectivity index (χ1n) is 4.91. The molecule has 0 unspecified atom stereocenters. The van der Waals surface area contributed by atoms with Crippen molar-refractivity contribution in [3.05, 3.63) is 0 Å². The fourth-order valence-corrected chi connectivity index (χ4v) is 1.22. The van der Waals surface area contributed by atoms with Crippen LogP contribution < -0.4 is 0 Å². The zero-order valence-electron chi connectivity index (χ0n) is 8.55. The van der Waals surface area contributed by atoms with E-state index < -0.39 is 0 Å². The van der Waals surface area contributed by atoms with Crippen molar-refractivity contribution in [2.45, 2.75) is 39.5 Å². The summed E-state index contributed by atoms with van der Waals surface area (Å²) >= 11 is 0. The summed E-state index contributed by atoms with van der Waals surface area (Å²) < 4.78 is 0. The molecule has 0 spiro atoms. The van der Waals surface area contributed by atoms with Gasteiger partial charge in [-0.05, 0) is 12.8 Å². The predicted molar refractivity (Wildman–Crippen MR) is 52.0 cm³/mol. The molecule has 0 aromatic rings. The molecule has 0 radical (unpaired) electrons. The van der Waals surface area contributed by atoms with Crippen molar-refractivity contribution < 1.29 is 4.79 Å². The third-order valence-corrected chi connectivity index (χ3v) is 1.79. The van der Waals surface area contributed by atoms with Gasteiger partial charge in [0.25, 0.3) is 0 Å². The lowest BCUT2D eigenvalue weighted by Gasteiger charge is -2.20. The maximum Gasteiger partial charge on any atom is 0.223 e. The molecule has 0 saturated carbocycles. The lowest BCUT2D eigenvalue weighted by atomic mass is 10.2. The van der Waals surface area contributed by atoms with Gasteiger partial charge in [-0.3, -0.25) is 4.79 Å². The van der Waals surface area contributed by atoms with E-state index in [9.17, 15) is 4.79 Å². The maximum absolute atomic E-state index is 11.5. The first kappa shape index (κ1) is 12.0. The zero-order chi connectivity index (χ0) is 10.1. The molecule has 0 aromatic carbocycles. The smallest absolute Gasteiger partial charge is 0.223 e. The van der Waals surface area contributed by atoms with E-state index in [1.807, 2.05) is 11.0 Å². The Morgan fingerprint density at radius 3 is 2.23 bits per heavy atom. The molecule has 74 valence electrons. The summed E-state index contributed by atoms with van der Waals surface area (Å²) in [7, 11) is 0. The maximum atomic E-state index is 11.5. The van der Waals surface area contributed by atoms with Crippen LogP contribution in [-0.2, 0) is 4.79 Å². The lowest BCUT2D eigenvalue weighted by Crippen LogP contribution is -2.32. The number of hydrogen-bond donors (Lipinski definition) is 0. The van der Waals surface area contributed by atoms with Gasteiger partial charge in [-0.15, -0.1) is 0 Å². The Morgan fingerprint density at radius 1 is 1.31 bits per heavy atom. The van der Waals surface area contributed by atoms with Gasteiger partial charge in [-0.2, -0.15) is 5.26 Å². The zero-order valence-corrected chi connectivity index (χ0v) is 8.55. The van der Waals surface area contributed by atoms with E-state index in [1.165, 1.54) is 0 Å². The number of carbonyl (C=O) groups is 1. The van der Waals surface area contributed by atoms with Crippen molar-refractivity contribution in [1.82, 2.24) is 4.90 Å². The van der Waals surface area contributed by atoms with Crippen molar-refractivity contribution >= 4 is 5.91 Å². The normalized spacial score (nSPS) is 9.31.